The van der Waals surface area contributed by atoms with Crippen molar-refractivity contribution in [3.05, 3.63) is 54.2 Å². The summed E-state index contributed by atoms with van der Waals surface area (Å²) in [6.07, 6.45) is 4.74. The van der Waals surface area contributed by atoms with Crippen LogP contribution >= 0.6 is 11.8 Å². The van der Waals surface area contributed by atoms with Gasteiger partial charge in [-0.25, -0.2) is 4.98 Å². The van der Waals surface area contributed by atoms with E-state index in [-0.39, 0.29) is 50.9 Å². The summed E-state index contributed by atoms with van der Waals surface area (Å²) in [5.41, 5.74) is 12.6. The maximum Gasteiger partial charge on any atom is 0.243 e. The summed E-state index contributed by atoms with van der Waals surface area (Å²) < 4.78 is 0. The van der Waals surface area contributed by atoms with Crippen molar-refractivity contribution in [3.63, 3.8) is 0 Å². The van der Waals surface area contributed by atoms with Gasteiger partial charge in [0.05, 0.1) is 18.6 Å². The lowest BCUT2D eigenvalue weighted by Gasteiger charge is -2.26. The maximum absolute atomic E-state index is 13.9. The van der Waals surface area contributed by atoms with E-state index in [1.54, 1.807) is 26.8 Å². The predicted molar refractivity (Wildman–Crippen MR) is 262 cm³/mol. The summed E-state index contributed by atoms with van der Waals surface area (Å²) in [6, 6.07) is 0.821. The van der Waals surface area contributed by atoms with Crippen molar-refractivity contribution in [2.24, 2.45) is 23.3 Å². The Bertz CT molecular complexity index is 2250. The van der Waals surface area contributed by atoms with Crippen molar-refractivity contribution in [3.8, 4) is 0 Å². The molecule has 1 aromatic carbocycles. The Morgan fingerprint density at radius 1 is 0.686 bits per heavy atom. The van der Waals surface area contributed by atoms with Crippen LogP contribution in [0.15, 0.2) is 42.9 Å². The number of H-pyrrole nitrogens is 2. The van der Waals surface area contributed by atoms with E-state index in [4.69, 9.17) is 11.5 Å². The molecule has 2 heterocycles. The molecule has 7 atom stereocenters. The zero-order valence-corrected chi connectivity index (χ0v) is 41.5. The molecule has 0 radical (unpaired) electrons. The number of aromatic amines is 2. The molecule has 70 heavy (non-hydrogen) atoms. The van der Waals surface area contributed by atoms with Crippen molar-refractivity contribution >= 4 is 81.7 Å². The standard InChI is InChI=1S/C46H69N13O10S/c1-8-37(61)54-32(13-14-36(47)60)42(65)58-35(19-28-18-27-11-9-10-12-30(27)53-28)43(66)52-26(6)41(64)59-39(25(4)5)46(69)50-22-38(62)55-34(20-29-21-49-23-51-29)45(68)57-33(17-24(2)3)44(67)56-31(40(48)63)15-16-70-7/h9-12,18,21,23-26,31-35,39,53H,8,13-17,19-20,22H2,1-7H3,(H2,47,60)(H2,48,63)(H,49,51)(H,50,69)(H,52,66)(H,54,61)(H,55,62)(H,56,67)(H,57,68)(H,58,65)(H,59,64)/t26-,31-,32-,33-,34-,35-,39-/m0/s1. The Balaban J connectivity index is 1.72. The van der Waals surface area contributed by atoms with Crippen molar-refractivity contribution in [2.75, 3.05) is 18.6 Å². The summed E-state index contributed by atoms with van der Waals surface area (Å²) in [7, 11) is 0. The van der Waals surface area contributed by atoms with Gasteiger partial charge in [-0.05, 0) is 67.5 Å². The molecule has 384 valence electrons. The minimum atomic E-state index is -1.30. The minimum absolute atomic E-state index is 0.0452. The zero-order valence-electron chi connectivity index (χ0n) is 40.7. The molecule has 0 saturated carbocycles. The number of hydrogen-bond acceptors (Lipinski definition) is 12. The number of primary amides is 2. The lowest BCUT2D eigenvalue weighted by atomic mass is 10.0. The molecule has 0 bridgehead atoms. The first kappa shape index (κ1) is 57.3. The molecule has 3 rings (SSSR count). The number of carbonyl (C=O) groups excluding carboxylic acids is 10. The molecule has 0 aliphatic rings. The summed E-state index contributed by atoms with van der Waals surface area (Å²) in [4.78, 5) is 141. The molecule has 10 amide bonds. The normalized spacial score (nSPS) is 14.2. The number of hydrogen-bond donors (Lipinski definition) is 12. The molecular formula is C46H69N13O10S. The van der Waals surface area contributed by atoms with Crippen LogP contribution in [0.25, 0.3) is 10.9 Å². The Labute approximate surface area is 410 Å². The molecule has 3 aromatic rings. The fraction of sp³-hybridized carbons (Fsp3) is 0.543. The molecular weight excluding hydrogens is 927 g/mol. The highest BCUT2D eigenvalue weighted by Gasteiger charge is 2.33. The van der Waals surface area contributed by atoms with Crippen molar-refractivity contribution in [2.45, 2.75) is 129 Å². The number of para-hydroxylation sites is 1. The third-order valence-electron chi connectivity index (χ3n) is 10.9. The second-order valence-corrected chi connectivity index (χ2v) is 18.6. The fourth-order valence-corrected chi connectivity index (χ4v) is 7.57. The van der Waals surface area contributed by atoms with Crippen LogP contribution in [0.2, 0.25) is 0 Å². The quantitative estimate of drug-likeness (QED) is 0.0376. The molecule has 14 N–H and O–H groups in total. The predicted octanol–water partition coefficient (Wildman–Crippen LogP) is -1.18. The summed E-state index contributed by atoms with van der Waals surface area (Å²) in [5, 5.41) is 21.6. The summed E-state index contributed by atoms with van der Waals surface area (Å²) in [5.74, 6) is -7.17. The zero-order chi connectivity index (χ0) is 52.1. The Morgan fingerprint density at radius 2 is 1.30 bits per heavy atom. The number of thioether (sulfide) groups is 1. The highest BCUT2D eigenvalue weighted by molar-refractivity contribution is 7.98. The van der Waals surface area contributed by atoms with Gasteiger partial charge in [0.2, 0.25) is 59.1 Å². The maximum atomic E-state index is 13.9. The van der Waals surface area contributed by atoms with Crippen molar-refractivity contribution < 1.29 is 47.9 Å². The van der Waals surface area contributed by atoms with Crippen molar-refractivity contribution in [1.82, 2.24) is 57.5 Å². The molecule has 0 aliphatic heterocycles. The van der Waals surface area contributed by atoms with Gasteiger partial charge in [-0.2, -0.15) is 11.8 Å². The van der Waals surface area contributed by atoms with E-state index in [0.29, 0.717) is 17.1 Å². The fourth-order valence-electron chi connectivity index (χ4n) is 7.10. The Hall–Kier alpha value is -6.98. The van der Waals surface area contributed by atoms with Gasteiger partial charge in [0.25, 0.3) is 0 Å². The van der Waals surface area contributed by atoms with Crippen LogP contribution in [0.1, 0.15) is 85.0 Å². The van der Waals surface area contributed by atoms with Crippen LogP contribution in [0.4, 0.5) is 0 Å². The topological polar surface area (TPSA) is 363 Å². The van der Waals surface area contributed by atoms with E-state index in [1.165, 1.54) is 31.2 Å². The van der Waals surface area contributed by atoms with Crippen molar-refractivity contribution in [1.29, 1.82) is 0 Å². The van der Waals surface area contributed by atoms with Gasteiger partial charge < -0.3 is 64.0 Å². The number of nitrogens with zero attached hydrogens (tertiary/aromatic N) is 1. The molecule has 0 fully saturated rings. The molecule has 2 aromatic heterocycles. The molecule has 24 heteroatoms. The number of carbonyl (C=O) groups is 10. The Morgan fingerprint density at radius 3 is 1.90 bits per heavy atom. The average Bonchev–Trinajstić information content (AvgIpc) is 3.98. The second kappa shape index (κ2) is 28.5. The summed E-state index contributed by atoms with van der Waals surface area (Å²) in [6.45, 7) is 9.31. The van der Waals surface area contributed by atoms with E-state index < -0.39 is 114 Å². The van der Waals surface area contributed by atoms with Gasteiger partial charge in [0.1, 0.15) is 42.3 Å². The average molecular weight is 996 g/mol. The number of nitrogens with one attached hydrogen (secondary N) is 10. The number of imidazole rings is 1. The van der Waals surface area contributed by atoms with Gasteiger partial charge in [-0.3, -0.25) is 47.9 Å². The van der Waals surface area contributed by atoms with Gasteiger partial charge in [0.15, 0.2) is 0 Å². The van der Waals surface area contributed by atoms with E-state index in [9.17, 15) is 47.9 Å². The van der Waals surface area contributed by atoms with E-state index >= 15 is 0 Å². The SMILES string of the molecule is CCC(=O)N[C@@H](CCC(N)=O)C(=O)N[C@@H](Cc1cc2ccccc2[nH]1)C(=O)N[C@@H](C)C(=O)N[C@H](C(=O)NCC(=O)N[C@@H](Cc1c[nH]cn1)C(=O)N[C@@H](CC(C)C)C(=O)N[C@@H](CCSC)C(N)=O)C(C)C. The number of rotatable bonds is 30. The van der Waals surface area contributed by atoms with E-state index in [0.717, 1.165) is 10.9 Å². The highest BCUT2D eigenvalue weighted by Crippen LogP contribution is 2.17. The van der Waals surface area contributed by atoms with Gasteiger partial charge >= 0.3 is 0 Å². The number of amides is 10. The molecule has 0 saturated heterocycles. The van der Waals surface area contributed by atoms with Crippen LogP contribution in [-0.2, 0) is 60.8 Å². The van der Waals surface area contributed by atoms with E-state index in [1.807, 2.05) is 44.4 Å². The first-order valence-corrected chi connectivity index (χ1v) is 24.5. The molecule has 0 spiro atoms. The number of aromatic nitrogens is 3. The molecule has 0 aliphatic carbocycles. The second-order valence-electron chi connectivity index (χ2n) is 17.6. The van der Waals surface area contributed by atoms with Gasteiger partial charge in [-0.1, -0.05) is 52.8 Å². The van der Waals surface area contributed by atoms with Crippen LogP contribution < -0.4 is 54.0 Å². The van der Waals surface area contributed by atoms with Crippen LogP contribution in [0.3, 0.4) is 0 Å². The van der Waals surface area contributed by atoms with Gasteiger partial charge in [-0.15, -0.1) is 0 Å². The van der Waals surface area contributed by atoms with Gasteiger partial charge in [0, 0.05) is 43.1 Å². The smallest absolute Gasteiger partial charge is 0.243 e. The third kappa shape index (κ3) is 19.2. The number of benzene rings is 1. The number of fused-ring (bicyclic) bond motifs is 1. The monoisotopic (exact) mass is 996 g/mol. The highest BCUT2D eigenvalue weighted by atomic mass is 32.2. The first-order valence-electron chi connectivity index (χ1n) is 23.1. The lowest BCUT2D eigenvalue weighted by molar-refractivity contribution is -0.135. The minimum Gasteiger partial charge on any atom is -0.370 e. The Kier molecular flexibility index (Phi) is 23.3. The third-order valence-corrected chi connectivity index (χ3v) is 11.6. The van der Waals surface area contributed by atoms with Crippen LogP contribution in [0.5, 0.6) is 0 Å². The lowest BCUT2D eigenvalue weighted by Crippen LogP contribution is -2.59. The largest absolute Gasteiger partial charge is 0.370 e. The van der Waals surface area contributed by atoms with Crippen LogP contribution in [-0.4, -0.2) is 135 Å². The molecule has 23 nitrogen and oxygen atoms in total. The summed E-state index contributed by atoms with van der Waals surface area (Å²) >= 11 is 1.47. The number of nitrogens with two attached hydrogens (primary N) is 2. The van der Waals surface area contributed by atoms with Crippen LogP contribution in [0, 0.1) is 11.8 Å². The molecule has 0 unspecified atom stereocenters. The first-order chi connectivity index (χ1) is 33.1. The van der Waals surface area contributed by atoms with E-state index in [2.05, 4.69) is 57.5 Å².